The maximum atomic E-state index is 12.2. The van der Waals surface area contributed by atoms with Crippen LogP contribution in [0.4, 0.5) is 0 Å². The molecular weight excluding hydrogens is 325 g/mol. The first-order chi connectivity index (χ1) is 10.1. The van der Waals surface area contributed by atoms with Crippen molar-refractivity contribution in [3.05, 3.63) is 65.7 Å². The standard InChI is InChI=1S/C16H15Cl2NOS/c1-11-7-9-13(10-8-11)21-16(14(17)18)19-15(20)12-5-3-2-4-6-12/h2-10,14,16H,1H3,(H,19,20). The number of amides is 1. The van der Waals surface area contributed by atoms with Crippen LogP contribution >= 0.6 is 35.0 Å². The second kappa shape index (κ2) is 7.74. The maximum absolute atomic E-state index is 12.2. The number of aryl methyl sites for hydroxylation is 1. The van der Waals surface area contributed by atoms with E-state index in [1.54, 1.807) is 12.1 Å². The lowest BCUT2D eigenvalue weighted by Crippen LogP contribution is -2.36. The second-order valence-electron chi connectivity index (χ2n) is 4.53. The van der Waals surface area contributed by atoms with Gasteiger partial charge in [-0.3, -0.25) is 4.79 Å². The number of thioether (sulfide) groups is 1. The molecule has 5 heteroatoms. The van der Waals surface area contributed by atoms with Crippen molar-refractivity contribution < 1.29 is 4.79 Å². The van der Waals surface area contributed by atoms with Crippen LogP contribution in [0.2, 0.25) is 0 Å². The van der Waals surface area contributed by atoms with Crippen LogP contribution in [-0.4, -0.2) is 16.1 Å². The van der Waals surface area contributed by atoms with E-state index in [1.165, 1.54) is 17.3 Å². The Morgan fingerprint density at radius 3 is 2.24 bits per heavy atom. The second-order valence-corrected chi connectivity index (χ2v) is 6.90. The maximum Gasteiger partial charge on any atom is 0.252 e. The summed E-state index contributed by atoms with van der Waals surface area (Å²) in [6.45, 7) is 2.02. The summed E-state index contributed by atoms with van der Waals surface area (Å²) in [5.74, 6) is -0.188. The van der Waals surface area contributed by atoms with Crippen molar-refractivity contribution in [3.8, 4) is 0 Å². The van der Waals surface area contributed by atoms with Crippen molar-refractivity contribution in [2.75, 3.05) is 0 Å². The molecule has 0 aliphatic carbocycles. The van der Waals surface area contributed by atoms with E-state index in [1.807, 2.05) is 49.4 Å². The largest absolute Gasteiger partial charge is 0.337 e. The van der Waals surface area contributed by atoms with Gasteiger partial charge in [0, 0.05) is 10.5 Å². The molecule has 0 bridgehead atoms. The number of nitrogens with one attached hydrogen (secondary N) is 1. The average molecular weight is 340 g/mol. The van der Waals surface area contributed by atoms with E-state index < -0.39 is 10.2 Å². The predicted molar refractivity (Wildman–Crippen MR) is 90.2 cm³/mol. The fourth-order valence-corrected chi connectivity index (χ4v) is 3.00. The Labute approximate surface area is 138 Å². The molecule has 2 rings (SSSR count). The number of hydrogen-bond acceptors (Lipinski definition) is 2. The van der Waals surface area contributed by atoms with Gasteiger partial charge in [-0.15, -0.1) is 23.2 Å². The Hall–Kier alpha value is -1.16. The SMILES string of the molecule is Cc1ccc(SC(NC(=O)c2ccccc2)C(Cl)Cl)cc1. The Bertz CT molecular complexity index is 587. The number of rotatable bonds is 5. The molecule has 1 atom stereocenters. The number of hydrogen-bond donors (Lipinski definition) is 1. The minimum Gasteiger partial charge on any atom is -0.337 e. The first kappa shape index (κ1) is 16.2. The number of alkyl halides is 2. The molecule has 0 aromatic heterocycles. The number of halogens is 2. The molecule has 2 aromatic rings. The average Bonchev–Trinajstić information content (AvgIpc) is 2.49. The predicted octanol–water partition coefficient (Wildman–Crippen LogP) is 4.65. The summed E-state index contributed by atoms with van der Waals surface area (Å²) in [6, 6.07) is 17.0. The van der Waals surface area contributed by atoms with Crippen molar-refractivity contribution in [2.45, 2.75) is 22.0 Å². The van der Waals surface area contributed by atoms with Gasteiger partial charge in [0.25, 0.3) is 5.91 Å². The van der Waals surface area contributed by atoms with Crippen molar-refractivity contribution in [1.82, 2.24) is 5.32 Å². The Morgan fingerprint density at radius 1 is 1.05 bits per heavy atom. The van der Waals surface area contributed by atoms with Gasteiger partial charge in [0.05, 0.1) is 0 Å². The molecule has 0 radical (unpaired) electrons. The third-order valence-corrected chi connectivity index (χ3v) is 4.81. The lowest BCUT2D eigenvalue weighted by atomic mass is 10.2. The minimum absolute atomic E-state index is 0.188. The van der Waals surface area contributed by atoms with Crippen molar-refractivity contribution in [1.29, 1.82) is 0 Å². The molecule has 1 amide bonds. The van der Waals surface area contributed by atoms with E-state index in [4.69, 9.17) is 23.2 Å². The van der Waals surface area contributed by atoms with Gasteiger partial charge in [0.2, 0.25) is 0 Å². The summed E-state index contributed by atoms with van der Waals surface area (Å²) in [7, 11) is 0. The number of carbonyl (C=O) groups is 1. The molecule has 0 fully saturated rings. The van der Waals surface area contributed by atoms with Gasteiger partial charge < -0.3 is 5.32 Å². The van der Waals surface area contributed by atoms with Crippen molar-refractivity contribution in [3.63, 3.8) is 0 Å². The van der Waals surface area contributed by atoms with Gasteiger partial charge in [-0.05, 0) is 31.2 Å². The molecule has 0 saturated heterocycles. The van der Waals surface area contributed by atoms with Crippen LogP contribution in [0.25, 0.3) is 0 Å². The zero-order valence-corrected chi connectivity index (χ0v) is 13.8. The van der Waals surface area contributed by atoms with Crippen LogP contribution in [0.1, 0.15) is 15.9 Å². The van der Waals surface area contributed by atoms with Crippen LogP contribution in [-0.2, 0) is 0 Å². The van der Waals surface area contributed by atoms with Gasteiger partial charge in [-0.25, -0.2) is 0 Å². The molecule has 1 unspecified atom stereocenters. The quantitative estimate of drug-likeness (QED) is 0.488. The highest BCUT2D eigenvalue weighted by Gasteiger charge is 2.21. The number of carbonyl (C=O) groups excluding carboxylic acids is 1. The van der Waals surface area contributed by atoms with E-state index in [2.05, 4.69) is 5.32 Å². The molecule has 2 nitrogen and oxygen atoms in total. The molecule has 0 heterocycles. The summed E-state index contributed by atoms with van der Waals surface area (Å²) in [5.41, 5.74) is 1.76. The lowest BCUT2D eigenvalue weighted by Gasteiger charge is -2.19. The monoisotopic (exact) mass is 339 g/mol. The van der Waals surface area contributed by atoms with Crippen LogP contribution in [0.3, 0.4) is 0 Å². The highest BCUT2D eigenvalue weighted by molar-refractivity contribution is 8.00. The molecule has 0 aliphatic rings. The van der Waals surface area contributed by atoms with Crippen LogP contribution in [0, 0.1) is 6.92 Å². The van der Waals surface area contributed by atoms with Crippen LogP contribution in [0.5, 0.6) is 0 Å². The first-order valence-electron chi connectivity index (χ1n) is 6.43. The van der Waals surface area contributed by atoms with E-state index >= 15 is 0 Å². The van der Waals surface area contributed by atoms with Crippen LogP contribution in [0.15, 0.2) is 59.5 Å². The van der Waals surface area contributed by atoms with Crippen molar-refractivity contribution >= 4 is 40.9 Å². The van der Waals surface area contributed by atoms with E-state index in [-0.39, 0.29) is 5.91 Å². The topological polar surface area (TPSA) is 29.1 Å². The third-order valence-electron chi connectivity index (χ3n) is 2.82. The van der Waals surface area contributed by atoms with Crippen molar-refractivity contribution in [2.24, 2.45) is 0 Å². The zero-order valence-electron chi connectivity index (χ0n) is 11.4. The zero-order chi connectivity index (χ0) is 15.2. The Balaban J connectivity index is 2.06. The molecule has 0 aliphatic heterocycles. The molecule has 21 heavy (non-hydrogen) atoms. The van der Waals surface area contributed by atoms with E-state index in [9.17, 15) is 4.79 Å². The van der Waals surface area contributed by atoms with Crippen LogP contribution < -0.4 is 5.32 Å². The summed E-state index contributed by atoms with van der Waals surface area (Å²) in [5, 5.41) is 2.44. The molecule has 0 spiro atoms. The summed E-state index contributed by atoms with van der Waals surface area (Å²) >= 11 is 13.4. The van der Waals surface area contributed by atoms with E-state index in [0.717, 1.165) is 4.90 Å². The van der Waals surface area contributed by atoms with Gasteiger partial charge in [0.15, 0.2) is 0 Å². The lowest BCUT2D eigenvalue weighted by molar-refractivity contribution is 0.0951. The molecular formula is C16H15Cl2NOS. The summed E-state index contributed by atoms with van der Waals surface area (Å²) in [6.07, 6.45) is 0. The fraction of sp³-hybridized carbons (Fsp3) is 0.188. The fourth-order valence-electron chi connectivity index (χ4n) is 1.71. The summed E-state index contributed by atoms with van der Waals surface area (Å²) in [4.78, 5) is 12.5. The van der Waals surface area contributed by atoms with Gasteiger partial charge in [-0.1, -0.05) is 47.7 Å². The Morgan fingerprint density at radius 2 is 1.67 bits per heavy atom. The normalized spacial score (nSPS) is 12.2. The first-order valence-corrected chi connectivity index (χ1v) is 8.19. The highest BCUT2D eigenvalue weighted by atomic mass is 35.5. The highest BCUT2D eigenvalue weighted by Crippen LogP contribution is 2.28. The van der Waals surface area contributed by atoms with Gasteiger partial charge in [-0.2, -0.15) is 0 Å². The molecule has 110 valence electrons. The third kappa shape index (κ3) is 4.95. The molecule has 1 N–H and O–H groups in total. The number of benzene rings is 2. The smallest absolute Gasteiger partial charge is 0.252 e. The Kier molecular flexibility index (Phi) is 5.97. The minimum atomic E-state index is -0.705. The van der Waals surface area contributed by atoms with Gasteiger partial charge in [0.1, 0.15) is 10.2 Å². The summed E-state index contributed by atoms with van der Waals surface area (Å²) < 4.78 is 0. The van der Waals surface area contributed by atoms with Gasteiger partial charge >= 0.3 is 0 Å². The molecule has 2 aromatic carbocycles. The molecule has 0 saturated carbocycles. The van der Waals surface area contributed by atoms with E-state index in [0.29, 0.717) is 5.56 Å².